The van der Waals surface area contributed by atoms with E-state index in [9.17, 15) is 9.59 Å². The van der Waals surface area contributed by atoms with Gasteiger partial charge in [0.1, 0.15) is 0 Å². The number of fused-ring (bicyclic) bond motifs is 1. The van der Waals surface area contributed by atoms with E-state index < -0.39 is 0 Å². The first-order valence-corrected chi connectivity index (χ1v) is 9.06. The third-order valence-electron chi connectivity index (χ3n) is 4.33. The molecular formula is C21H24N4O2. The highest BCUT2D eigenvalue weighted by atomic mass is 16.2. The summed E-state index contributed by atoms with van der Waals surface area (Å²) in [5.74, 6) is -0.103. The van der Waals surface area contributed by atoms with Gasteiger partial charge in [0.05, 0.1) is 5.39 Å². The van der Waals surface area contributed by atoms with Crippen molar-refractivity contribution >= 4 is 16.7 Å². The summed E-state index contributed by atoms with van der Waals surface area (Å²) in [6.07, 6.45) is 0. The number of hydrogen-bond acceptors (Lipinski definition) is 4. The second kappa shape index (κ2) is 8.14. The highest BCUT2D eigenvalue weighted by molar-refractivity contribution is 6.04. The summed E-state index contributed by atoms with van der Waals surface area (Å²) >= 11 is 0. The molecule has 1 atom stereocenters. The van der Waals surface area contributed by atoms with E-state index in [0.29, 0.717) is 17.3 Å². The van der Waals surface area contributed by atoms with E-state index in [2.05, 4.69) is 10.4 Å². The molecule has 3 N–H and O–H groups in total. The molecule has 0 bridgehead atoms. The molecule has 0 radical (unpaired) electrons. The molecule has 0 aliphatic carbocycles. The molecule has 0 aliphatic rings. The number of carbonyl (C=O) groups excluding carboxylic acids is 1. The highest BCUT2D eigenvalue weighted by Crippen LogP contribution is 2.14. The molecule has 0 spiro atoms. The monoisotopic (exact) mass is 364 g/mol. The first kappa shape index (κ1) is 18.8. The van der Waals surface area contributed by atoms with Gasteiger partial charge in [-0.15, -0.1) is 0 Å². The van der Waals surface area contributed by atoms with Crippen LogP contribution in [-0.2, 0) is 6.54 Å². The summed E-state index contributed by atoms with van der Waals surface area (Å²) in [5, 5.41) is 8.23. The van der Waals surface area contributed by atoms with Gasteiger partial charge in [0.15, 0.2) is 5.69 Å². The fraction of sp³-hybridized carbons (Fsp3) is 0.286. The van der Waals surface area contributed by atoms with Crippen molar-refractivity contribution in [3.63, 3.8) is 0 Å². The standard InChI is InChI=1S/C21H24N4O2/c1-14(2)13-25-21(27)17-11-7-6-10-16(17)19(24-25)20(26)23-12-18(22)15-8-4-3-5-9-15/h3-11,14,18H,12-13,22H2,1-2H3,(H,23,26). The molecule has 6 nitrogen and oxygen atoms in total. The van der Waals surface area contributed by atoms with Crippen molar-refractivity contribution in [2.75, 3.05) is 6.54 Å². The molecule has 27 heavy (non-hydrogen) atoms. The zero-order valence-electron chi connectivity index (χ0n) is 15.6. The number of aromatic nitrogens is 2. The van der Waals surface area contributed by atoms with Crippen LogP contribution in [0.2, 0.25) is 0 Å². The Hall–Kier alpha value is -2.99. The molecule has 0 saturated carbocycles. The van der Waals surface area contributed by atoms with Crippen LogP contribution in [0, 0.1) is 5.92 Å². The van der Waals surface area contributed by atoms with Crippen LogP contribution in [0.15, 0.2) is 59.4 Å². The quantitative estimate of drug-likeness (QED) is 0.703. The van der Waals surface area contributed by atoms with Crippen LogP contribution in [0.25, 0.3) is 10.8 Å². The first-order valence-electron chi connectivity index (χ1n) is 9.06. The SMILES string of the molecule is CC(C)Cn1nc(C(=O)NCC(N)c2ccccc2)c2ccccc2c1=O. The molecule has 1 unspecified atom stereocenters. The fourth-order valence-corrected chi connectivity index (χ4v) is 2.98. The molecule has 3 aromatic rings. The summed E-state index contributed by atoms with van der Waals surface area (Å²) < 4.78 is 1.37. The Labute approximate surface area is 158 Å². The molecule has 1 aromatic heterocycles. The average Bonchev–Trinajstić information content (AvgIpc) is 2.68. The zero-order chi connectivity index (χ0) is 19.4. The van der Waals surface area contributed by atoms with E-state index >= 15 is 0 Å². The van der Waals surface area contributed by atoms with Gasteiger partial charge >= 0.3 is 0 Å². The number of amides is 1. The number of rotatable bonds is 6. The Bertz CT molecular complexity index is 996. The molecule has 2 aromatic carbocycles. The Morgan fingerprint density at radius 1 is 1.07 bits per heavy atom. The molecule has 0 saturated heterocycles. The third-order valence-corrected chi connectivity index (χ3v) is 4.33. The van der Waals surface area contributed by atoms with E-state index in [0.717, 1.165) is 5.56 Å². The van der Waals surface area contributed by atoms with E-state index in [1.54, 1.807) is 24.3 Å². The largest absolute Gasteiger partial charge is 0.349 e. The molecule has 3 rings (SSSR count). The minimum absolute atomic E-state index is 0.183. The van der Waals surface area contributed by atoms with Gasteiger partial charge in [-0.25, -0.2) is 4.68 Å². The van der Waals surface area contributed by atoms with Crippen molar-refractivity contribution in [2.24, 2.45) is 11.7 Å². The number of hydrogen-bond donors (Lipinski definition) is 2. The molecular weight excluding hydrogens is 340 g/mol. The van der Waals surface area contributed by atoms with Crippen molar-refractivity contribution in [1.82, 2.24) is 15.1 Å². The van der Waals surface area contributed by atoms with Gasteiger partial charge in [0.25, 0.3) is 11.5 Å². The third kappa shape index (κ3) is 4.23. The molecule has 0 fully saturated rings. The molecule has 140 valence electrons. The maximum atomic E-state index is 12.8. The van der Waals surface area contributed by atoms with Crippen molar-refractivity contribution in [1.29, 1.82) is 0 Å². The van der Waals surface area contributed by atoms with E-state index in [1.807, 2.05) is 44.2 Å². The summed E-state index contributed by atoms with van der Waals surface area (Å²) in [6, 6.07) is 16.3. The predicted molar refractivity (Wildman–Crippen MR) is 107 cm³/mol. The fourth-order valence-electron chi connectivity index (χ4n) is 2.98. The summed E-state index contributed by atoms with van der Waals surface area (Å²) in [7, 11) is 0. The smallest absolute Gasteiger partial charge is 0.274 e. The first-order chi connectivity index (χ1) is 13.0. The number of benzene rings is 2. The lowest BCUT2D eigenvalue weighted by molar-refractivity contribution is 0.0945. The minimum atomic E-state index is -0.338. The Morgan fingerprint density at radius 3 is 2.37 bits per heavy atom. The number of carbonyl (C=O) groups is 1. The van der Waals surface area contributed by atoms with Crippen LogP contribution in [0.3, 0.4) is 0 Å². The Morgan fingerprint density at radius 2 is 1.70 bits per heavy atom. The summed E-state index contributed by atoms with van der Waals surface area (Å²) in [5.41, 5.74) is 7.17. The minimum Gasteiger partial charge on any atom is -0.349 e. The van der Waals surface area contributed by atoms with Crippen LogP contribution in [0.5, 0.6) is 0 Å². The maximum absolute atomic E-state index is 12.8. The normalized spacial score (nSPS) is 12.3. The van der Waals surface area contributed by atoms with Gasteiger partial charge < -0.3 is 11.1 Å². The van der Waals surface area contributed by atoms with Crippen LogP contribution in [0.1, 0.15) is 35.9 Å². The molecule has 1 amide bonds. The lowest BCUT2D eigenvalue weighted by atomic mass is 10.1. The van der Waals surface area contributed by atoms with Crippen LogP contribution < -0.4 is 16.6 Å². The highest BCUT2D eigenvalue weighted by Gasteiger charge is 2.18. The number of nitrogens with two attached hydrogens (primary N) is 1. The van der Waals surface area contributed by atoms with Crippen LogP contribution in [0.4, 0.5) is 0 Å². The number of nitrogens with one attached hydrogen (secondary N) is 1. The predicted octanol–water partition coefficient (Wildman–Crippen LogP) is 2.48. The Kier molecular flexibility index (Phi) is 5.66. The van der Waals surface area contributed by atoms with Crippen LogP contribution >= 0.6 is 0 Å². The molecule has 1 heterocycles. The lowest BCUT2D eigenvalue weighted by Crippen LogP contribution is -2.35. The van der Waals surface area contributed by atoms with Gasteiger partial charge in [-0.05, 0) is 17.5 Å². The van der Waals surface area contributed by atoms with Crippen LogP contribution in [-0.4, -0.2) is 22.2 Å². The second-order valence-electron chi connectivity index (χ2n) is 7.00. The van der Waals surface area contributed by atoms with Crippen molar-refractivity contribution in [3.8, 4) is 0 Å². The average molecular weight is 364 g/mol. The van der Waals surface area contributed by atoms with Gasteiger partial charge in [0.2, 0.25) is 0 Å². The Balaban J connectivity index is 1.89. The molecule has 0 aliphatic heterocycles. The molecule has 6 heteroatoms. The van der Waals surface area contributed by atoms with Gasteiger partial charge in [-0.3, -0.25) is 9.59 Å². The van der Waals surface area contributed by atoms with Gasteiger partial charge in [-0.1, -0.05) is 62.4 Å². The zero-order valence-corrected chi connectivity index (χ0v) is 15.6. The maximum Gasteiger partial charge on any atom is 0.274 e. The lowest BCUT2D eigenvalue weighted by Gasteiger charge is -2.15. The van der Waals surface area contributed by atoms with E-state index in [4.69, 9.17) is 5.73 Å². The van der Waals surface area contributed by atoms with E-state index in [-0.39, 0.29) is 35.7 Å². The van der Waals surface area contributed by atoms with Crippen molar-refractivity contribution in [3.05, 3.63) is 76.2 Å². The van der Waals surface area contributed by atoms with Gasteiger partial charge in [0, 0.05) is 24.5 Å². The summed E-state index contributed by atoms with van der Waals surface area (Å²) in [6.45, 7) is 4.74. The number of nitrogens with zero attached hydrogens (tertiary/aromatic N) is 2. The van der Waals surface area contributed by atoms with E-state index in [1.165, 1.54) is 4.68 Å². The summed E-state index contributed by atoms with van der Waals surface area (Å²) in [4.78, 5) is 25.4. The van der Waals surface area contributed by atoms with Gasteiger partial charge in [-0.2, -0.15) is 5.10 Å². The topological polar surface area (TPSA) is 90.0 Å². The second-order valence-corrected chi connectivity index (χ2v) is 7.00. The van der Waals surface area contributed by atoms with Crippen molar-refractivity contribution in [2.45, 2.75) is 26.4 Å². The van der Waals surface area contributed by atoms with Crippen molar-refractivity contribution < 1.29 is 4.79 Å².